The Bertz CT molecular complexity index is 1150. The van der Waals surface area contributed by atoms with Gasteiger partial charge in [-0.15, -0.1) is 0 Å². The highest BCUT2D eigenvalue weighted by molar-refractivity contribution is 7.86. The summed E-state index contributed by atoms with van der Waals surface area (Å²) in [5.74, 6) is 0.183. The van der Waals surface area contributed by atoms with Gasteiger partial charge in [-0.05, 0) is 52.9 Å². The molecule has 5 heteroatoms. The minimum absolute atomic E-state index is 0.183. The van der Waals surface area contributed by atoms with Crippen LogP contribution in [0.25, 0.3) is 11.1 Å². The van der Waals surface area contributed by atoms with Crippen LogP contribution in [-0.2, 0) is 28.6 Å². The zero-order valence-corrected chi connectivity index (χ0v) is 17.8. The summed E-state index contributed by atoms with van der Waals surface area (Å²) in [5.41, 5.74) is 4.69. The highest BCUT2D eigenvalue weighted by Crippen LogP contribution is 2.26. The molecule has 4 rings (SSSR count). The number of carbonyl (C=O) groups is 1. The third kappa shape index (κ3) is 5.58. The SMILES string of the molecule is O=C(CCc1ccoc1)Cc1ccc(NS(=O)c2ccccc2-c2ccccc2)cc1. The number of aryl methyl sites for hydroxylation is 1. The van der Waals surface area contributed by atoms with E-state index in [-0.39, 0.29) is 5.78 Å². The van der Waals surface area contributed by atoms with E-state index in [1.165, 1.54) is 0 Å². The molecule has 0 fully saturated rings. The molecule has 0 aliphatic carbocycles. The van der Waals surface area contributed by atoms with Gasteiger partial charge in [-0.3, -0.25) is 4.79 Å². The summed E-state index contributed by atoms with van der Waals surface area (Å²) < 4.78 is 21.1. The number of furan rings is 1. The summed E-state index contributed by atoms with van der Waals surface area (Å²) in [4.78, 5) is 13.0. The van der Waals surface area contributed by atoms with Crippen molar-refractivity contribution >= 4 is 22.5 Å². The van der Waals surface area contributed by atoms with Crippen LogP contribution in [0.15, 0.2) is 107 Å². The lowest BCUT2D eigenvalue weighted by atomic mass is 10.0. The molecule has 1 aromatic heterocycles. The number of benzene rings is 3. The molecule has 31 heavy (non-hydrogen) atoms. The van der Waals surface area contributed by atoms with Crippen LogP contribution in [0.3, 0.4) is 0 Å². The minimum atomic E-state index is -1.41. The number of hydrogen-bond acceptors (Lipinski definition) is 3. The van der Waals surface area contributed by atoms with Gasteiger partial charge in [-0.2, -0.15) is 0 Å². The molecule has 1 heterocycles. The van der Waals surface area contributed by atoms with Gasteiger partial charge in [0.1, 0.15) is 5.78 Å². The Hall–Kier alpha value is -3.44. The summed E-state index contributed by atoms with van der Waals surface area (Å²) in [6.07, 6.45) is 4.85. The topological polar surface area (TPSA) is 59.3 Å². The van der Waals surface area contributed by atoms with E-state index in [1.807, 2.05) is 84.9 Å². The average Bonchev–Trinajstić information content (AvgIpc) is 3.33. The molecule has 0 radical (unpaired) electrons. The van der Waals surface area contributed by atoms with E-state index in [0.29, 0.717) is 19.3 Å². The number of Topliss-reactive ketones (excluding diaryl/α,β-unsaturated/α-hetero) is 1. The second-order valence-corrected chi connectivity index (χ2v) is 8.46. The van der Waals surface area contributed by atoms with E-state index < -0.39 is 11.0 Å². The molecule has 0 bridgehead atoms. The van der Waals surface area contributed by atoms with Crippen molar-refractivity contribution in [3.05, 3.63) is 109 Å². The Balaban J connectivity index is 1.38. The first-order valence-corrected chi connectivity index (χ1v) is 11.3. The number of anilines is 1. The lowest BCUT2D eigenvalue weighted by molar-refractivity contribution is -0.118. The molecular formula is C26H23NO3S. The second kappa shape index (κ2) is 10.0. The molecule has 0 amide bonds. The van der Waals surface area contributed by atoms with E-state index in [9.17, 15) is 9.00 Å². The van der Waals surface area contributed by atoms with Crippen LogP contribution >= 0.6 is 0 Å². The molecule has 1 unspecified atom stereocenters. The fourth-order valence-corrected chi connectivity index (χ4v) is 4.42. The summed E-state index contributed by atoms with van der Waals surface area (Å²) in [6.45, 7) is 0. The average molecular weight is 430 g/mol. The standard InChI is InChI=1S/C26H23NO3S/c28-24(15-12-21-16-17-30-19-21)18-20-10-13-23(14-11-20)27-31(29)26-9-5-4-8-25(26)22-6-2-1-3-7-22/h1-11,13-14,16-17,19,27H,12,15,18H2. The number of carbonyl (C=O) groups excluding carboxylic acids is 1. The fourth-order valence-electron chi connectivity index (χ4n) is 3.37. The third-order valence-corrected chi connectivity index (χ3v) is 6.19. The van der Waals surface area contributed by atoms with Gasteiger partial charge in [0.15, 0.2) is 11.0 Å². The van der Waals surface area contributed by atoms with Crippen molar-refractivity contribution in [2.45, 2.75) is 24.2 Å². The summed E-state index contributed by atoms with van der Waals surface area (Å²) in [7, 11) is -1.41. The highest BCUT2D eigenvalue weighted by atomic mass is 32.2. The maximum absolute atomic E-state index is 13.0. The van der Waals surface area contributed by atoms with Crippen LogP contribution < -0.4 is 4.72 Å². The Morgan fingerprint density at radius 1 is 0.839 bits per heavy atom. The monoisotopic (exact) mass is 429 g/mol. The Morgan fingerprint density at radius 3 is 2.32 bits per heavy atom. The smallest absolute Gasteiger partial charge is 0.150 e. The van der Waals surface area contributed by atoms with E-state index >= 15 is 0 Å². The van der Waals surface area contributed by atoms with Crippen LogP contribution in [0.2, 0.25) is 0 Å². The predicted octanol–water partition coefficient (Wildman–Crippen LogP) is 5.83. The summed E-state index contributed by atoms with van der Waals surface area (Å²) >= 11 is 0. The normalized spacial score (nSPS) is 11.7. The van der Waals surface area contributed by atoms with Gasteiger partial charge in [0, 0.05) is 18.5 Å². The molecule has 1 atom stereocenters. The maximum Gasteiger partial charge on any atom is 0.150 e. The largest absolute Gasteiger partial charge is 0.472 e. The van der Waals surface area contributed by atoms with E-state index in [4.69, 9.17) is 4.42 Å². The fraction of sp³-hybridized carbons (Fsp3) is 0.115. The lowest BCUT2D eigenvalue weighted by Crippen LogP contribution is -2.07. The second-order valence-electron chi connectivity index (χ2n) is 7.28. The zero-order valence-electron chi connectivity index (χ0n) is 17.0. The van der Waals surface area contributed by atoms with Crippen LogP contribution in [0, 0.1) is 0 Å². The molecule has 3 aromatic carbocycles. The minimum Gasteiger partial charge on any atom is -0.472 e. The van der Waals surface area contributed by atoms with Gasteiger partial charge in [-0.1, -0.05) is 60.7 Å². The zero-order chi connectivity index (χ0) is 21.5. The Morgan fingerprint density at radius 2 is 1.58 bits per heavy atom. The molecule has 0 saturated heterocycles. The summed E-state index contributed by atoms with van der Waals surface area (Å²) in [6, 6.07) is 27.0. The van der Waals surface area contributed by atoms with Gasteiger partial charge in [-0.25, -0.2) is 4.21 Å². The highest BCUT2D eigenvalue weighted by Gasteiger charge is 2.12. The molecule has 4 nitrogen and oxygen atoms in total. The summed E-state index contributed by atoms with van der Waals surface area (Å²) in [5, 5.41) is 0. The first-order chi connectivity index (χ1) is 15.2. The molecular weight excluding hydrogens is 406 g/mol. The van der Waals surface area contributed by atoms with Crippen LogP contribution in [0.1, 0.15) is 17.5 Å². The first-order valence-electron chi connectivity index (χ1n) is 10.1. The van der Waals surface area contributed by atoms with Crippen molar-refractivity contribution in [2.75, 3.05) is 4.72 Å². The van der Waals surface area contributed by atoms with Crippen molar-refractivity contribution in [3.63, 3.8) is 0 Å². The number of nitrogens with one attached hydrogen (secondary N) is 1. The molecule has 0 aliphatic heterocycles. The van der Waals surface area contributed by atoms with Gasteiger partial charge < -0.3 is 9.14 Å². The molecule has 4 aromatic rings. The Kier molecular flexibility index (Phi) is 6.75. The quantitative estimate of drug-likeness (QED) is 0.364. The first kappa shape index (κ1) is 20.8. The van der Waals surface area contributed by atoms with Crippen molar-refractivity contribution in [2.24, 2.45) is 0 Å². The van der Waals surface area contributed by atoms with Crippen molar-refractivity contribution in [1.29, 1.82) is 0 Å². The molecule has 0 spiro atoms. The van der Waals surface area contributed by atoms with Crippen LogP contribution in [-0.4, -0.2) is 9.99 Å². The van der Waals surface area contributed by atoms with E-state index in [0.717, 1.165) is 32.8 Å². The molecule has 0 aliphatic rings. The van der Waals surface area contributed by atoms with Gasteiger partial charge in [0.2, 0.25) is 0 Å². The van der Waals surface area contributed by atoms with Crippen molar-refractivity contribution in [3.8, 4) is 11.1 Å². The lowest BCUT2D eigenvalue weighted by Gasteiger charge is -2.11. The van der Waals surface area contributed by atoms with Crippen LogP contribution in [0.4, 0.5) is 5.69 Å². The van der Waals surface area contributed by atoms with Crippen molar-refractivity contribution in [1.82, 2.24) is 0 Å². The molecule has 156 valence electrons. The number of ketones is 1. The molecule has 0 saturated carbocycles. The molecule has 1 N–H and O–H groups in total. The maximum atomic E-state index is 13.0. The van der Waals surface area contributed by atoms with Crippen molar-refractivity contribution < 1.29 is 13.4 Å². The number of hydrogen-bond donors (Lipinski definition) is 1. The van der Waals surface area contributed by atoms with Gasteiger partial charge >= 0.3 is 0 Å². The van der Waals surface area contributed by atoms with Crippen LogP contribution in [0.5, 0.6) is 0 Å². The third-order valence-electron chi connectivity index (χ3n) is 5.01. The number of rotatable bonds is 9. The van der Waals surface area contributed by atoms with E-state index in [2.05, 4.69) is 4.72 Å². The van der Waals surface area contributed by atoms with E-state index in [1.54, 1.807) is 12.5 Å². The predicted molar refractivity (Wildman–Crippen MR) is 124 cm³/mol. The van der Waals surface area contributed by atoms with Gasteiger partial charge in [0.05, 0.1) is 17.4 Å². The Labute approximate surface area is 184 Å². The van der Waals surface area contributed by atoms with Gasteiger partial charge in [0.25, 0.3) is 0 Å².